The van der Waals surface area contributed by atoms with Gasteiger partial charge in [0.1, 0.15) is 0 Å². The Labute approximate surface area is 95.1 Å². The molecule has 0 aliphatic rings. The first kappa shape index (κ1) is 11.7. The normalized spacial score (nSPS) is 9.67. The van der Waals surface area contributed by atoms with Crippen molar-refractivity contribution in [3.63, 3.8) is 0 Å². The molecule has 0 aromatic heterocycles. The lowest BCUT2D eigenvalue weighted by molar-refractivity contribution is 0.108. The van der Waals surface area contributed by atoms with E-state index in [1.165, 1.54) is 0 Å². The lowest BCUT2D eigenvalue weighted by atomic mass is 9.97. The van der Waals surface area contributed by atoms with Crippen LogP contribution in [-0.4, -0.2) is 5.24 Å². The van der Waals surface area contributed by atoms with E-state index in [0.717, 1.165) is 11.1 Å². The first-order valence-corrected chi connectivity index (χ1v) is 5.11. The monoisotopic (exact) mass is 220 g/mol. The van der Waals surface area contributed by atoms with Crippen molar-refractivity contribution in [2.75, 3.05) is 0 Å². The smallest absolute Gasteiger partial charge is 0.252 e. The predicted octanol–water partition coefficient (Wildman–Crippen LogP) is 3.52. The second-order valence-electron chi connectivity index (χ2n) is 3.21. The molecule has 0 aliphatic heterocycles. The highest BCUT2D eigenvalue weighted by Crippen LogP contribution is 2.19. The molecule has 0 spiro atoms. The van der Waals surface area contributed by atoms with Crippen molar-refractivity contribution in [1.29, 1.82) is 0 Å². The summed E-state index contributed by atoms with van der Waals surface area (Å²) in [4.78, 5) is 11.3. The molecular formula is C13H13ClO. The highest BCUT2D eigenvalue weighted by atomic mass is 35.5. The number of hydrogen-bond donors (Lipinski definition) is 0. The van der Waals surface area contributed by atoms with Crippen LogP contribution in [0.2, 0.25) is 0 Å². The van der Waals surface area contributed by atoms with Crippen LogP contribution in [0.5, 0.6) is 0 Å². The molecule has 0 radical (unpaired) electrons. The summed E-state index contributed by atoms with van der Waals surface area (Å²) in [7, 11) is 0. The SMILES string of the molecule is C=CCc1cccc(CC=C)c1C(=O)Cl. The Hall–Kier alpha value is -1.34. The quantitative estimate of drug-likeness (QED) is 0.548. The van der Waals surface area contributed by atoms with E-state index in [0.29, 0.717) is 18.4 Å². The zero-order valence-corrected chi connectivity index (χ0v) is 9.26. The maximum atomic E-state index is 11.3. The summed E-state index contributed by atoms with van der Waals surface area (Å²) in [5, 5.41) is -0.413. The Balaban J connectivity index is 3.26. The zero-order chi connectivity index (χ0) is 11.3. The number of rotatable bonds is 5. The number of benzene rings is 1. The Morgan fingerprint density at radius 2 is 1.67 bits per heavy atom. The van der Waals surface area contributed by atoms with E-state index in [9.17, 15) is 4.79 Å². The van der Waals surface area contributed by atoms with Gasteiger partial charge in [-0.25, -0.2) is 0 Å². The lowest BCUT2D eigenvalue weighted by Gasteiger charge is -2.08. The summed E-state index contributed by atoms with van der Waals surface area (Å²) in [6, 6.07) is 5.70. The van der Waals surface area contributed by atoms with Crippen LogP contribution in [0.15, 0.2) is 43.5 Å². The van der Waals surface area contributed by atoms with Crippen molar-refractivity contribution in [2.45, 2.75) is 12.8 Å². The van der Waals surface area contributed by atoms with Gasteiger partial charge < -0.3 is 0 Å². The molecule has 0 aliphatic carbocycles. The molecule has 0 unspecified atom stereocenters. The number of halogens is 1. The molecule has 0 heterocycles. The number of carbonyl (C=O) groups excluding carboxylic acids is 1. The van der Waals surface area contributed by atoms with Gasteiger partial charge in [-0.3, -0.25) is 4.79 Å². The third kappa shape index (κ3) is 2.80. The van der Waals surface area contributed by atoms with E-state index in [1.54, 1.807) is 12.2 Å². The van der Waals surface area contributed by atoms with Crippen LogP contribution >= 0.6 is 11.6 Å². The molecule has 0 saturated heterocycles. The van der Waals surface area contributed by atoms with Gasteiger partial charge in [-0.05, 0) is 35.6 Å². The molecule has 0 N–H and O–H groups in total. The molecule has 0 fully saturated rings. The van der Waals surface area contributed by atoms with Gasteiger partial charge in [-0.2, -0.15) is 0 Å². The number of allylic oxidation sites excluding steroid dienone is 2. The fourth-order valence-corrected chi connectivity index (χ4v) is 1.80. The second kappa shape index (κ2) is 5.52. The zero-order valence-electron chi connectivity index (χ0n) is 8.50. The van der Waals surface area contributed by atoms with Crippen molar-refractivity contribution in [3.8, 4) is 0 Å². The van der Waals surface area contributed by atoms with Crippen molar-refractivity contribution in [2.24, 2.45) is 0 Å². The van der Waals surface area contributed by atoms with E-state index >= 15 is 0 Å². The molecule has 1 aromatic rings. The van der Waals surface area contributed by atoms with Gasteiger partial charge in [0.25, 0.3) is 5.24 Å². The molecule has 15 heavy (non-hydrogen) atoms. The van der Waals surface area contributed by atoms with E-state index in [1.807, 2.05) is 18.2 Å². The molecule has 2 heteroatoms. The van der Waals surface area contributed by atoms with Crippen molar-refractivity contribution < 1.29 is 4.79 Å². The summed E-state index contributed by atoms with van der Waals surface area (Å²) in [5.41, 5.74) is 2.44. The van der Waals surface area contributed by atoms with Crippen LogP contribution in [0, 0.1) is 0 Å². The first-order chi connectivity index (χ1) is 7.20. The maximum absolute atomic E-state index is 11.3. The standard InChI is InChI=1S/C13H13ClO/c1-3-6-10-8-5-9-11(7-4-2)12(10)13(14)15/h3-5,8-9H,1-2,6-7H2. The van der Waals surface area contributed by atoms with Crippen LogP contribution in [0.25, 0.3) is 0 Å². The first-order valence-electron chi connectivity index (χ1n) is 4.73. The predicted molar refractivity (Wildman–Crippen MR) is 64.4 cm³/mol. The molecule has 0 atom stereocenters. The lowest BCUT2D eigenvalue weighted by Crippen LogP contribution is -2.02. The van der Waals surface area contributed by atoms with E-state index < -0.39 is 5.24 Å². The topological polar surface area (TPSA) is 17.1 Å². The van der Waals surface area contributed by atoms with Gasteiger partial charge >= 0.3 is 0 Å². The van der Waals surface area contributed by atoms with Crippen LogP contribution in [-0.2, 0) is 12.8 Å². The maximum Gasteiger partial charge on any atom is 0.252 e. The molecule has 1 rings (SSSR count). The Kier molecular flexibility index (Phi) is 4.32. The minimum Gasteiger partial charge on any atom is -0.276 e. The van der Waals surface area contributed by atoms with E-state index in [4.69, 9.17) is 11.6 Å². The highest BCUT2D eigenvalue weighted by Gasteiger charge is 2.12. The fraction of sp³-hybridized carbons (Fsp3) is 0.154. The molecule has 0 amide bonds. The number of hydrogen-bond acceptors (Lipinski definition) is 1. The van der Waals surface area contributed by atoms with E-state index in [-0.39, 0.29) is 0 Å². The summed E-state index contributed by atoms with van der Waals surface area (Å²) >= 11 is 5.58. The molecule has 1 nitrogen and oxygen atoms in total. The van der Waals surface area contributed by atoms with Crippen molar-refractivity contribution >= 4 is 16.8 Å². The largest absolute Gasteiger partial charge is 0.276 e. The summed E-state index contributed by atoms with van der Waals surface area (Å²) < 4.78 is 0. The third-order valence-electron chi connectivity index (χ3n) is 2.16. The van der Waals surface area contributed by atoms with Crippen molar-refractivity contribution in [1.82, 2.24) is 0 Å². The molecule has 1 aromatic carbocycles. The molecule has 78 valence electrons. The fourth-order valence-electron chi connectivity index (χ4n) is 1.56. The average molecular weight is 221 g/mol. The molecule has 0 saturated carbocycles. The second-order valence-corrected chi connectivity index (χ2v) is 3.55. The van der Waals surface area contributed by atoms with Gasteiger partial charge in [0.15, 0.2) is 0 Å². The molecular weight excluding hydrogens is 208 g/mol. The van der Waals surface area contributed by atoms with Crippen molar-refractivity contribution in [3.05, 3.63) is 60.2 Å². The summed E-state index contributed by atoms with van der Waals surface area (Å²) in [5.74, 6) is 0. The van der Waals surface area contributed by atoms with Crippen LogP contribution in [0.4, 0.5) is 0 Å². The van der Waals surface area contributed by atoms with Crippen LogP contribution < -0.4 is 0 Å². The van der Waals surface area contributed by atoms with Gasteiger partial charge in [0.2, 0.25) is 0 Å². The summed E-state index contributed by atoms with van der Waals surface area (Å²) in [6.45, 7) is 7.32. The van der Waals surface area contributed by atoms with Gasteiger partial charge in [0.05, 0.1) is 0 Å². The van der Waals surface area contributed by atoms with E-state index in [2.05, 4.69) is 13.2 Å². The van der Waals surface area contributed by atoms with Gasteiger partial charge in [-0.15, -0.1) is 13.2 Å². The summed E-state index contributed by atoms with van der Waals surface area (Å²) in [6.07, 6.45) is 4.82. The third-order valence-corrected chi connectivity index (χ3v) is 2.35. The Bertz CT molecular complexity index is 365. The molecule has 0 bridgehead atoms. The Morgan fingerprint density at radius 1 is 1.20 bits per heavy atom. The minimum absolute atomic E-state index is 0.413. The van der Waals surface area contributed by atoms with Crippen LogP contribution in [0.3, 0.4) is 0 Å². The minimum atomic E-state index is -0.413. The highest BCUT2D eigenvalue weighted by molar-refractivity contribution is 6.68. The van der Waals surface area contributed by atoms with Gasteiger partial charge in [-0.1, -0.05) is 30.4 Å². The van der Waals surface area contributed by atoms with Crippen LogP contribution in [0.1, 0.15) is 21.5 Å². The van der Waals surface area contributed by atoms with Gasteiger partial charge in [0, 0.05) is 5.56 Å². The average Bonchev–Trinajstić information content (AvgIpc) is 2.18. The number of carbonyl (C=O) groups is 1. The Morgan fingerprint density at radius 3 is 2.00 bits per heavy atom.